The van der Waals surface area contributed by atoms with Crippen molar-refractivity contribution in [2.45, 2.75) is 24.8 Å². The van der Waals surface area contributed by atoms with Gasteiger partial charge < -0.3 is 10.5 Å². The van der Waals surface area contributed by atoms with Gasteiger partial charge in [0.25, 0.3) is 0 Å². The number of ether oxygens (including phenoxy) is 1. The van der Waals surface area contributed by atoms with Crippen LogP contribution in [-0.4, -0.2) is 44.4 Å². The molecule has 1 unspecified atom stereocenters. The van der Waals surface area contributed by atoms with Crippen molar-refractivity contribution < 1.29 is 17.9 Å². The Morgan fingerprint density at radius 3 is 2.48 bits per heavy atom. The molecule has 0 saturated carbocycles. The molecular weight excluding hydrogens is 364 g/mol. The Morgan fingerprint density at radius 2 is 1.84 bits per heavy atom. The highest BCUT2D eigenvalue weighted by molar-refractivity contribution is 7.89. The van der Waals surface area contributed by atoms with E-state index in [9.17, 15) is 13.2 Å². The molecule has 0 aromatic heterocycles. The smallest absolute Gasteiger partial charge is 0.324 e. The minimum absolute atomic E-state index is 0. The van der Waals surface area contributed by atoms with E-state index in [1.807, 2.05) is 18.2 Å². The van der Waals surface area contributed by atoms with Gasteiger partial charge >= 0.3 is 5.97 Å². The molecule has 2 N–H and O–H groups in total. The number of hydrogen-bond acceptors (Lipinski definition) is 5. The van der Waals surface area contributed by atoms with Gasteiger partial charge in [0, 0.05) is 18.5 Å². The monoisotopic (exact) mass is 386 g/mol. The topological polar surface area (TPSA) is 89.7 Å². The van der Waals surface area contributed by atoms with Crippen LogP contribution in [0.2, 0.25) is 0 Å². The van der Waals surface area contributed by atoms with Crippen molar-refractivity contribution in [3.05, 3.63) is 42.5 Å². The molecule has 0 heterocycles. The molecular formula is C17H23ClN2O4S. The lowest BCUT2D eigenvalue weighted by atomic mass is 10.1. The first kappa shape index (κ1) is 21.4. The van der Waals surface area contributed by atoms with Crippen LogP contribution in [0.25, 0.3) is 10.8 Å². The lowest BCUT2D eigenvalue weighted by Gasteiger charge is -2.27. The SMILES string of the molecule is CCOC(=O)C(C)N(CCN)S(=O)(=O)c1cccc2ccccc12.Cl. The highest BCUT2D eigenvalue weighted by Crippen LogP contribution is 2.26. The molecule has 0 fully saturated rings. The van der Waals surface area contributed by atoms with E-state index in [0.717, 1.165) is 9.69 Å². The summed E-state index contributed by atoms with van der Waals surface area (Å²) in [7, 11) is -3.90. The molecule has 8 heteroatoms. The van der Waals surface area contributed by atoms with Gasteiger partial charge in [-0.25, -0.2) is 8.42 Å². The molecule has 0 aliphatic rings. The first-order chi connectivity index (χ1) is 11.4. The van der Waals surface area contributed by atoms with Gasteiger partial charge in [-0.15, -0.1) is 12.4 Å². The Hall–Kier alpha value is -1.67. The van der Waals surface area contributed by atoms with Crippen molar-refractivity contribution in [1.82, 2.24) is 4.31 Å². The zero-order valence-electron chi connectivity index (χ0n) is 14.2. The van der Waals surface area contributed by atoms with E-state index < -0.39 is 22.0 Å². The molecule has 2 aromatic carbocycles. The van der Waals surface area contributed by atoms with E-state index in [4.69, 9.17) is 10.5 Å². The molecule has 0 aliphatic heterocycles. The Kier molecular flexibility index (Phi) is 7.82. The van der Waals surface area contributed by atoms with Crippen LogP contribution in [0.4, 0.5) is 0 Å². The second-order valence-electron chi connectivity index (χ2n) is 5.31. The van der Waals surface area contributed by atoms with Gasteiger partial charge in [-0.05, 0) is 25.3 Å². The number of esters is 1. The molecule has 1 atom stereocenters. The minimum atomic E-state index is -3.90. The van der Waals surface area contributed by atoms with Crippen LogP contribution in [0, 0.1) is 0 Å². The number of rotatable bonds is 7. The molecule has 25 heavy (non-hydrogen) atoms. The summed E-state index contributed by atoms with van der Waals surface area (Å²) >= 11 is 0. The number of halogens is 1. The lowest BCUT2D eigenvalue weighted by molar-refractivity contribution is -0.147. The average Bonchev–Trinajstić information content (AvgIpc) is 2.58. The second-order valence-corrected chi connectivity index (χ2v) is 7.17. The summed E-state index contributed by atoms with van der Waals surface area (Å²) < 4.78 is 32.4. The Bertz CT molecular complexity index is 821. The molecule has 0 aliphatic carbocycles. The summed E-state index contributed by atoms with van der Waals surface area (Å²) in [5.74, 6) is -0.588. The third-order valence-electron chi connectivity index (χ3n) is 3.75. The van der Waals surface area contributed by atoms with E-state index in [-0.39, 0.29) is 37.0 Å². The highest BCUT2D eigenvalue weighted by atomic mass is 35.5. The molecule has 6 nitrogen and oxygen atoms in total. The number of sulfonamides is 1. The fraction of sp³-hybridized carbons (Fsp3) is 0.353. The summed E-state index contributed by atoms with van der Waals surface area (Å²) in [6, 6.07) is 11.3. The largest absolute Gasteiger partial charge is 0.465 e. The first-order valence-electron chi connectivity index (χ1n) is 7.79. The summed E-state index contributed by atoms with van der Waals surface area (Å²) in [6.07, 6.45) is 0. The Morgan fingerprint density at radius 1 is 1.20 bits per heavy atom. The molecule has 0 saturated heterocycles. The normalized spacial score (nSPS) is 12.6. The minimum Gasteiger partial charge on any atom is -0.465 e. The molecule has 0 spiro atoms. The number of carbonyl (C=O) groups excluding carboxylic acids is 1. The van der Waals surface area contributed by atoms with E-state index in [0.29, 0.717) is 5.39 Å². The van der Waals surface area contributed by atoms with Crippen molar-refractivity contribution in [2.75, 3.05) is 19.7 Å². The maximum Gasteiger partial charge on any atom is 0.324 e. The fourth-order valence-electron chi connectivity index (χ4n) is 2.58. The number of fused-ring (bicyclic) bond motifs is 1. The third kappa shape index (κ3) is 4.49. The molecule has 138 valence electrons. The van der Waals surface area contributed by atoms with E-state index in [2.05, 4.69) is 0 Å². The standard InChI is InChI=1S/C17H22N2O4S.ClH/c1-3-23-17(20)13(2)19(12-11-18)24(21,22)16-10-6-8-14-7-4-5-9-15(14)16;/h4-10,13H,3,11-12,18H2,1-2H3;1H. The van der Waals surface area contributed by atoms with Gasteiger partial charge in [0.15, 0.2) is 0 Å². The molecule has 0 amide bonds. The molecule has 0 bridgehead atoms. The van der Waals surface area contributed by atoms with Crippen molar-refractivity contribution in [1.29, 1.82) is 0 Å². The number of benzene rings is 2. The highest BCUT2D eigenvalue weighted by Gasteiger charge is 2.34. The zero-order valence-corrected chi connectivity index (χ0v) is 15.8. The predicted molar refractivity (Wildman–Crippen MR) is 100 cm³/mol. The number of nitrogens with zero attached hydrogens (tertiary/aromatic N) is 1. The van der Waals surface area contributed by atoms with E-state index in [1.165, 1.54) is 6.92 Å². The maximum absolute atomic E-state index is 13.1. The van der Waals surface area contributed by atoms with Crippen molar-refractivity contribution in [3.8, 4) is 0 Å². The van der Waals surface area contributed by atoms with Gasteiger partial charge in [-0.1, -0.05) is 36.4 Å². The van der Waals surface area contributed by atoms with Crippen LogP contribution >= 0.6 is 12.4 Å². The van der Waals surface area contributed by atoms with Crippen LogP contribution in [0.5, 0.6) is 0 Å². The first-order valence-corrected chi connectivity index (χ1v) is 9.23. The zero-order chi connectivity index (χ0) is 17.7. The summed E-state index contributed by atoms with van der Waals surface area (Å²) in [6.45, 7) is 3.51. The van der Waals surface area contributed by atoms with Crippen LogP contribution in [0.1, 0.15) is 13.8 Å². The van der Waals surface area contributed by atoms with Crippen molar-refractivity contribution in [2.24, 2.45) is 5.73 Å². The van der Waals surface area contributed by atoms with Crippen LogP contribution in [0.15, 0.2) is 47.4 Å². The maximum atomic E-state index is 13.1. The lowest BCUT2D eigenvalue weighted by Crippen LogP contribution is -2.46. The summed E-state index contributed by atoms with van der Waals surface area (Å²) in [5, 5.41) is 1.42. The predicted octanol–water partition coefficient (Wildman–Crippen LogP) is 2.16. The van der Waals surface area contributed by atoms with Crippen LogP contribution in [-0.2, 0) is 19.6 Å². The summed E-state index contributed by atoms with van der Waals surface area (Å²) in [4.78, 5) is 12.2. The quantitative estimate of drug-likeness (QED) is 0.736. The van der Waals surface area contributed by atoms with Crippen molar-refractivity contribution in [3.63, 3.8) is 0 Å². The van der Waals surface area contributed by atoms with Gasteiger partial charge in [-0.2, -0.15) is 4.31 Å². The molecule has 2 rings (SSSR count). The number of hydrogen-bond donors (Lipinski definition) is 1. The van der Waals surface area contributed by atoms with E-state index >= 15 is 0 Å². The van der Waals surface area contributed by atoms with Gasteiger partial charge in [-0.3, -0.25) is 4.79 Å². The Balaban J connectivity index is 0.00000312. The molecule has 0 radical (unpaired) electrons. The van der Waals surface area contributed by atoms with Crippen molar-refractivity contribution >= 4 is 39.2 Å². The third-order valence-corrected chi connectivity index (χ3v) is 5.77. The van der Waals surface area contributed by atoms with Gasteiger partial charge in [0.05, 0.1) is 11.5 Å². The molecule has 2 aromatic rings. The summed E-state index contributed by atoms with van der Waals surface area (Å²) in [5.41, 5.74) is 5.57. The second kappa shape index (κ2) is 9.15. The van der Waals surface area contributed by atoms with E-state index in [1.54, 1.807) is 31.2 Å². The average molecular weight is 387 g/mol. The Labute approximate surface area is 154 Å². The van der Waals surface area contributed by atoms with Crippen LogP contribution in [0.3, 0.4) is 0 Å². The van der Waals surface area contributed by atoms with Gasteiger partial charge in [0.1, 0.15) is 6.04 Å². The van der Waals surface area contributed by atoms with Crippen LogP contribution < -0.4 is 5.73 Å². The fourth-order valence-corrected chi connectivity index (χ4v) is 4.39. The van der Waals surface area contributed by atoms with Gasteiger partial charge in [0.2, 0.25) is 10.0 Å². The number of nitrogens with two attached hydrogens (primary N) is 1. The number of carbonyl (C=O) groups is 1.